The first kappa shape index (κ1) is 6.28. The molecule has 0 aliphatic carbocycles. The summed E-state index contributed by atoms with van der Waals surface area (Å²) in [5, 5.41) is 1.10. The van der Waals surface area contributed by atoms with Crippen molar-refractivity contribution in [3.8, 4) is 0 Å². The number of aromatic nitrogens is 2. The Morgan fingerprint density at radius 3 is 3.09 bits per heavy atom. The van der Waals surface area contributed by atoms with E-state index in [0.717, 1.165) is 10.9 Å². The van der Waals surface area contributed by atoms with Crippen LogP contribution in [0.5, 0.6) is 0 Å². The first-order valence-corrected chi connectivity index (χ1v) is 3.52. The summed E-state index contributed by atoms with van der Waals surface area (Å²) >= 11 is 0. The highest BCUT2D eigenvalue weighted by molar-refractivity contribution is 5.77. The molecule has 2 heterocycles. The van der Waals surface area contributed by atoms with Crippen LogP contribution in [-0.2, 0) is 0 Å². The summed E-state index contributed by atoms with van der Waals surface area (Å²) in [5.74, 6) is 0. The number of aryl methyl sites for hydroxylation is 1. The van der Waals surface area contributed by atoms with Gasteiger partial charge >= 0.3 is 0 Å². The van der Waals surface area contributed by atoms with Crippen molar-refractivity contribution in [2.24, 2.45) is 0 Å². The third kappa shape index (κ3) is 1.07. The third-order valence-electron chi connectivity index (χ3n) is 1.62. The fraction of sp³-hybridized carbons (Fsp3) is 0.111. The van der Waals surface area contributed by atoms with Crippen LogP contribution in [0.1, 0.15) is 5.56 Å². The van der Waals surface area contributed by atoms with Gasteiger partial charge in [0.25, 0.3) is 0 Å². The Morgan fingerprint density at radius 1 is 1.27 bits per heavy atom. The van der Waals surface area contributed by atoms with Crippen molar-refractivity contribution in [2.45, 2.75) is 6.92 Å². The van der Waals surface area contributed by atoms with Gasteiger partial charge < -0.3 is 0 Å². The number of hydrogen-bond acceptors (Lipinski definition) is 2. The molecule has 2 nitrogen and oxygen atoms in total. The first-order chi connectivity index (χ1) is 5.36. The minimum absolute atomic E-state index is 1.01. The summed E-state index contributed by atoms with van der Waals surface area (Å²) in [7, 11) is 0. The zero-order valence-electron chi connectivity index (χ0n) is 6.28. The largest absolute Gasteiger partial charge is 0.264 e. The lowest BCUT2D eigenvalue weighted by molar-refractivity contribution is 1.29. The van der Waals surface area contributed by atoms with E-state index in [-0.39, 0.29) is 0 Å². The van der Waals surface area contributed by atoms with Crippen LogP contribution in [0.3, 0.4) is 0 Å². The smallest absolute Gasteiger partial charge is 0.0732 e. The molecule has 0 unspecified atom stereocenters. The van der Waals surface area contributed by atoms with Crippen molar-refractivity contribution in [1.82, 2.24) is 9.97 Å². The molecule has 0 aliphatic rings. The van der Waals surface area contributed by atoms with Gasteiger partial charge in [0.15, 0.2) is 0 Å². The summed E-state index contributed by atoms with van der Waals surface area (Å²) in [5.41, 5.74) is 2.18. The van der Waals surface area contributed by atoms with Crippen molar-refractivity contribution in [1.29, 1.82) is 0 Å². The Morgan fingerprint density at radius 2 is 2.18 bits per heavy atom. The molecule has 0 saturated carbocycles. The molecule has 0 spiro atoms. The summed E-state index contributed by atoms with van der Waals surface area (Å²) in [4.78, 5) is 8.25. The predicted octanol–water partition coefficient (Wildman–Crippen LogP) is 1.94. The Hall–Kier alpha value is -1.44. The molecular weight excluding hydrogens is 136 g/mol. The number of hydrogen-bond donors (Lipinski definition) is 0. The van der Waals surface area contributed by atoms with Crippen LogP contribution in [-0.4, -0.2) is 9.97 Å². The fourth-order valence-corrected chi connectivity index (χ4v) is 1.08. The van der Waals surface area contributed by atoms with Gasteiger partial charge in [-0.15, -0.1) is 0 Å². The molecule has 0 bridgehead atoms. The summed E-state index contributed by atoms with van der Waals surface area (Å²) in [6, 6.07) is 3.99. The van der Waals surface area contributed by atoms with Crippen LogP contribution in [0.15, 0.2) is 30.7 Å². The number of pyridine rings is 2. The predicted molar refractivity (Wildman–Crippen MR) is 44.3 cm³/mol. The molecule has 2 aromatic rings. The number of nitrogens with zero attached hydrogens (tertiary/aromatic N) is 2. The van der Waals surface area contributed by atoms with E-state index in [9.17, 15) is 0 Å². The molecule has 11 heavy (non-hydrogen) atoms. The van der Waals surface area contributed by atoms with Crippen molar-refractivity contribution >= 4 is 10.9 Å². The molecule has 2 heteroatoms. The maximum atomic E-state index is 4.24. The topological polar surface area (TPSA) is 25.8 Å². The molecule has 0 radical (unpaired) electrons. The van der Waals surface area contributed by atoms with Crippen LogP contribution in [0.2, 0.25) is 0 Å². The average Bonchev–Trinajstić information content (AvgIpc) is 2.04. The normalized spacial score (nSPS) is 10.3. The molecule has 54 valence electrons. The highest BCUT2D eigenvalue weighted by Crippen LogP contribution is 2.09. The van der Waals surface area contributed by atoms with Crippen LogP contribution in [0.4, 0.5) is 0 Å². The van der Waals surface area contributed by atoms with E-state index in [1.807, 2.05) is 25.4 Å². The maximum Gasteiger partial charge on any atom is 0.0732 e. The summed E-state index contributed by atoms with van der Waals surface area (Å²) in [6.45, 7) is 2.03. The van der Waals surface area contributed by atoms with E-state index in [0.29, 0.717) is 0 Å². The standard InChI is InChI=1S/C9H8N2/c1-7-4-8-6-10-3-2-9(8)11-5-7/h2-6H,1H3. The van der Waals surface area contributed by atoms with Gasteiger partial charge in [-0.2, -0.15) is 0 Å². The summed E-state index contributed by atoms with van der Waals surface area (Å²) in [6.07, 6.45) is 5.45. The second-order valence-corrected chi connectivity index (χ2v) is 2.58. The van der Waals surface area contributed by atoms with E-state index >= 15 is 0 Å². The minimum Gasteiger partial charge on any atom is -0.264 e. The molecule has 0 saturated heterocycles. The van der Waals surface area contributed by atoms with E-state index in [1.54, 1.807) is 6.20 Å². The van der Waals surface area contributed by atoms with Crippen LogP contribution in [0, 0.1) is 6.92 Å². The quantitative estimate of drug-likeness (QED) is 0.564. The van der Waals surface area contributed by atoms with Crippen LogP contribution < -0.4 is 0 Å². The second-order valence-electron chi connectivity index (χ2n) is 2.58. The van der Waals surface area contributed by atoms with E-state index < -0.39 is 0 Å². The molecule has 2 rings (SSSR count). The second kappa shape index (κ2) is 2.31. The SMILES string of the molecule is Cc1cnc2ccncc2c1. The summed E-state index contributed by atoms with van der Waals surface area (Å²) < 4.78 is 0. The lowest BCUT2D eigenvalue weighted by atomic mass is 10.2. The lowest BCUT2D eigenvalue weighted by Gasteiger charge is -1.95. The van der Waals surface area contributed by atoms with Gasteiger partial charge in [0.2, 0.25) is 0 Å². The lowest BCUT2D eigenvalue weighted by Crippen LogP contribution is -1.80. The zero-order chi connectivity index (χ0) is 7.68. The highest BCUT2D eigenvalue weighted by Gasteiger charge is 1.91. The molecule has 2 aromatic heterocycles. The van der Waals surface area contributed by atoms with E-state index in [2.05, 4.69) is 16.0 Å². The number of fused-ring (bicyclic) bond motifs is 1. The van der Waals surface area contributed by atoms with Gasteiger partial charge in [-0.05, 0) is 24.6 Å². The minimum atomic E-state index is 1.01. The van der Waals surface area contributed by atoms with E-state index in [4.69, 9.17) is 0 Å². The van der Waals surface area contributed by atoms with E-state index in [1.165, 1.54) is 5.56 Å². The molecular formula is C9H8N2. The van der Waals surface area contributed by atoms with Crippen molar-refractivity contribution < 1.29 is 0 Å². The van der Waals surface area contributed by atoms with Gasteiger partial charge in [-0.1, -0.05) is 0 Å². The van der Waals surface area contributed by atoms with Crippen molar-refractivity contribution in [3.63, 3.8) is 0 Å². The van der Waals surface area contributed by atoms with Crippen LogP contribution >= 0.6 is 0 Å². The third-order valence-corrected chi connectivity index (χ3v) is 1.62. The maximum absolute atomic E-state index is 4.24. The van der Waals surface area contributed by atoms with Gasteiger partial charge in [-0.3, -0.25) is 9.97 Å². The van der Waals surface area contributed by atoms with Crippen molar-refractivity contribution in [3.05, 3.63) is 36.3 Å². The first-order valence-electron chi connectivity index (χ1n) is 3.52. The van der Waals surface area contributed by atoms with Gasteiger partial charge in [-0.25, -0.2) is 0 Å². The Bertz CT molecular complexity index is 382. The molecule has 0 N–H and O–H groups in total. The highest BCUT2D eigenvalue weighted by atomic mass is 14.7. The molecule has 0 aliphatic heterocycles. The Balaban J connectivity index is 2.83. The zero-order valence-corrected chi connectivity index (χ0v) is 6.28. The average molecular weight is 144 g/mol. The Kier molecular flexibility index (Phi) is 1.32. The molecule has 0 aromatic carbocycles. The monoisotopic (exact) mass is 144 g/mol. The fourth-order valence-electron chi connectivity index (χ4n) is 1.08. The molecule has 0 atom stereocenters. The van der Waals surface area contributed by atoms with Crippen LogP contribution in [0.25, 0.3) is 10.9 Å². The van der Waals surface area contributed by atoms with Crippen molar-refractivity contribution in [2.75, 3.05) is 0 Å². The molecule has 0 fully saturated rings. The van der Waals surface area contributed by atoms with Gasteiger partial charge in [0.05, 0.1) is 5.52 Å². The number of rotatable bonds is 0. The Labute approximate surface area is 64.9 Å². The van der Waals surface area contributed by atoms with Gasteiger partial charge in [0, 0.05) is 24.0 Å². The molecule has 0 amide bonds. The van der Waals surface area contributed by atoms with Gasteiger partial charge in [0.1, 0.15) is 0 Å².